The summed E-state index contributed by atoms with van der Waals surface area (Å²) in [7, 11) is 1.37. The van der Waals surface area contributed by atoms with Gasteiger partial charge in [-0.25, -0.2) is 4.79 Å². The molecular weight excluding hydrogens is 330 g/mol. The average molecular weight is 357 g/mol. The molecular formula is C21H27NO4. The molecule has 0 spiro atoms. The van der Waals surface area contributed by atoms with Crippen LogP contribution in [-0.2, 0) is 9.53 Å². The summed E-state index contributed by atoms with van der Waals surface area (Å²) < 4.78 is 16.3. The predicted molar refractivity (Wildman–Crippen MR) is 105 cm³/mol. The predicted octanol–water partition coefficient (Wildman–Crippen LogP) is 3.70. The SMILES string of the molecule is C=CCOc1ccc(C(C(=O)OC)N(CC=C)CC=C)cc1OCC=C. The number of hydrogen-bond acceptors (Lipinski definition) is 5. The minimum atomic E-state index is -0.615. The molecule has 0 aliphatic carbocycles. The van der Waals surface area contributed by atoms with Crippen LogP contribution in [0.5, 0.6) is 11.5 Å². The van der Waals surface area contributed by atoms with E-state index < -0.39 is 6.04 Å². The van der Waals surface area contributed by atoms with Gasteiger partial charge >= 0.3 is 5.97 Å². The summed E-state index contributed by atoms with van der Waals surface area (Å²) in [6.07, 6.45) is 6.76. The highest BCUT2D eigenvalue weighted by Gasteiger charge is 2.28. The van der Waals surface area contributed by atoms with Crippen LogP contribution >= 0.6 is 0 Å². The lowest BCUT2D eigenvalue weighted by molar-refractivity contribution is -0.146. The van der Waals surface area contributed by atoms with Crippen molar-refractivity contribution >= 4 is 5.97 Å². The Morgan fingerprint density at radius 3 is 2.08 bits per heavy atom. The molecule has 0 radical (unpaired) electrons. The summed E-state index contributed by atoms with van der Waals surface area (Å²) in [5.41, 5.74) is 0.727. The van der Waals surface area contributed by atoms with Crippen LogP contribution in [0.15, 0.2) is 68.8 Å². The molecule has 0 aliphatic heterocycles. The van der Waals surface area contributed by atoms with Crippen LogP contribution in [0.1, 0.15) is 11.6 Å². The molecule has 0 aromatic heterocycles. The molecule has 26 heavy (non-hydrogen) atoms. The molecule has 5 nitrogen and oxygen atoms in total. The smallest absolute Gasteiger partial charge is 0.327 e. The number of methoxy groups -OCH3 is 1. The van der Waals surface area contributed by atoms with Crippen LogP contribution in [0.4, 0.5) is 0 Å². The molecule has 0 saturated heterocycles. The summed E-state index contributed by atoms with van der Waals surface area (Å²) in [6.45, 7) is 16.5. The van der Waals surface area contributed by atoms with E-state index in [-0.39, 0.29) is 5.97 Å². The van der Waals surface area contributed by atoms with E-state index in [0.717, 1.165) is 5.56 Å². The van der Waals surface area contributed by atoms with Gasteiger partial charge in [0.15, 0.2) is 11.5 Å². The maximum atomic E-state index is 12.5. The van der Waals surface area contributed by atoms with Gasteiger partial charge in [-0.1, -0.05) is 43.5 Å². The lowest BCUT2D eigenvalue weighted by Gasteiger charge is -2.28. The van der Waals surface area contributed by atoms with Gasteiger partial charge in [0.2, 0.25) is 0 Å². The standard InChI is InChI=1S/C21H27NO4/c1-6-12-22(13-7-2)20(21(23)24-5)17-10-11-18(25-14-8-3)19(16-17)26-15-9-4/h6-11,16,20H,1-4,12-15H2,5H3. The van der Waals surface area contributed by atoms with Crippen LogP contribution in [-0.4, -0.2) is 44.3 Å². The highest BCUT2D eigenvalue weighted by atomic mass is 16.5. The van der Waals surface area contributed by atoms with Crippen molar-refractivity contribution in [1.82, 2.24) is 4.90 Å². The summed E-state index contributed by atoms with van der Waals surface area (Å²) in [6, 6.07) is 4.76. The average Bonchev–Trinajstić information content (AvgIpc) is 2.65. The van der Waals surface area contributed by atoms with Gasteiger partial charge in [0.1, 0.15) is 19.3 Å². The second kappa shape index (κ2) is 11.7. The van der Waals surface area contributed by atoms with Crippen molar-refractivity contribution < 1.29 is 19.0 Å². The number of hydrogen-bond donors (Lipinski definition) is 0. The molecule has 0 aliphatic rings. The fraction of sp³-hybridized carbons (Fsp3) is 0.286. The van der Waals surface area contributed by atoms with Gasteiger partial charge in [0.05, 0.1) is 7.11 Å². The van der Waals surface area contributed by atoms with Crippen molar-refractivity contribution in [3.8, 4) is 11.5 Å². The van der Waals surface area contributed by atoms with Crippen molar-refractivity contribution in [1.29, 1.82) is 0 Å². The van der Waals surface area contributed by atoms with Crippen molar-refractivity contribution in [3.05, 3.63) is 74.4 Å². The number of ether oxygens (including phenoxy) is 3. The van der Waals surface area contributed by atoms with E-state index in [1.54, 1.807) is 36.4 Å². The molecule has 5 heteroatoms. The highest BCUT2D eigenvalue weighted by molar-refractivity contribution is 5.78. The van der Waals surface area contributed by atoms with Crippen LogP contribution in [0.2, 0.25) is 0 Å². The molecule has 0 saturated carbocycles. The topological polar surface area (TPSA) is 48.0 Å². The first kappa shape index (κ1) is 21.3. The Bertz CT molecular complexity index is 629. The zero-order valence-electron chi connectivity index (χ0n) is 15.4. The third kappa shape index (κ3) is 5.93. The van der Waals surface area contributed by atoms with Crippen molar-refractivity contribution in [2.24, 2.45) is 0 Å². The first-order valence-electron chi connectivity index (χ1n) is 8.27. The number of carbonyl (C=O) groups excluding carboxylic acids is 1. The number of carbonyl (C=O) groups is 1. The zero-order chi connectivity index (χ0) is 19.4. The first-order valence-corrected chi connectivity index (χ1v) is 8.27. The first-order chi connectivity index (χ1) is 12.6. The third-order valence-electron chi connectivity index (χ3n) is 3.51. The molecule has 1 aromatic rings. The van der Waals surface area contributed by atoms with Gasteiger partial charge in [0.25, 0.3) is 0 Å². The van der Waals surface area contributed by atoms with Crippen LogP contribution in [0.3, 0.4) is 0 Å². The summed E-state index contributed by atoms with van der Waals surface area (Å²) in [5, 5.41) is 0. The van der Waals surface area contributed by atoms with E-state index in [1.807, 2.05) is 11.0 Å². The van der Waals surface area contributed by atoms with E-state index in [1.165, 1.54) is 7.11 Å². The molecule has 1 aromatic carbocycles. The van der Waals surface area contributed by atoms with Crippen molar-refractivity contribution in [2.75, 3.05) is 33.4 Å². The molecule has 1 unspecified atom stereocenters. The maximum Gasteiger partial charge on any atom is 0.327 e. The number of benzene rings is 1. The molecule has 0 heterocycles. The van der Waals surface area contributed by atoms with Gasteiger partial charge in [-0.2, -0.15) is 0 Å². The largest absolute Gasteiger partial charge is 0.486 e. The molecule has 0 bridgehead atoms. The summed E-state index contributed by atoms with van der Waals surface area (Å²) in [5.74, 6) is 0.719. The van der Waals surface area contributed by atoms with Crippen molar-refractivity contribution in [2.45, 2.75) is 6.04 Å². The normalized spacial score (nSPS) is 11.3. The van der Waals surface area contributed by atoms with Crippen LogP contribution in [0, 0.1) is 0 Å². The Morgan fingerprint density at radius 1 is 1.00 bits per heavy atom. The lowest BCUT2D eigenvalue weighted by Crippen LogP contribution is -2.35. The van der Waals surface area contributed by atoms with Gasteiger partial charge in [-0.05, 0) is 17.7 Å². The van der Waals surface area contributed by atoms with E-state index in [9.17, 15) is 4.79 Å². The van der Waals surface area contributed by atoms with E-state index in [4.69, 9.17) is 14.2 Å². The molecule has 0 N–H and O–H groups in total. The van der Waals surface area contributed by atoms with Crippen LogP contribution < -0.4 is 9.47 Å². The Labute approximate surface area is 155 Å². The molecule has 1 rings (SSSR count). The maximum absolute atomic E-state index is 12.5. The monoisotopic (exact) mass is 357 g/mol. The molecule has 0 amide bonds. The second-order valence-electron chi connectivity index (χ2n) is 5.36. The molecule has 0 fully saturated rings. The van der Waals surface area contributed by atoms with Gasteiger partial charge in [-0.3, -0.25) is 4.90 Å². The Hall–Kier alpha value is -2.79. The molecule has 1 atom stereocenters. The Kier molecular flexibility index (Phi) is 9.57. The Balaban J connectivity index is 3.32. The zero-order valence-corrected chi connectivity index (χ0v) is 15.4. The van der Waals surface area contributed by atoms with E-state index >= 15 is 0 Å². The second-order valence-corrected chi connectivity index (χ2v) is 5.36. The lowest BCUT2D eigenvalue weighted by atomic mass is 10.0. The summed E-state index contributed by atoms with van der Waals surface area (Å²) in [4.78, 5) is 14.4. The minimum absolute atomic E-state index is 0.319. The van der Waals surface area contributed by atoms with Gasteiger partial charge in [0, 0.05) is 13.1 Å². The minimum Gasteiger partial charge on any atom is -0.486 e. The van der Waals surface area contributed by atoms with Crippen LogP contribution in [0.25, 0.3) is 0 Å². The Morgan fingerprint density at radius 2 is 1.58 bits per heavy atom. The quantitative estimate of drug-likeness (QED) is 0.398. The number of nitrogens with zero attached hydrogens (tertiary/aromatic N) is 1. The van der Waals surface area contributed by atoms with E-state index in [0.29, 0.717) is 37.8 Å². The fourth-order valence-electron chi connectivity index (χ4n) is 2.45. The van der Waals surface area contributed by atoms with Crippen molar-refractivity contribution in [3.63, 3.8) is 0 Å². The molecule has 140 valence electrons. The van der Waals surface area contributed by atoms with Gasteiger partial charge < -0.3 is 14.2 Å². The summed E-state index contributed by atoms with van der Waals surface area (Å²) >= 11 is 0. The third-order valence-corrected chi connectivity index (χ3v) is 3.51. The van der Waals surface area contributed by atoms with Gasteiger partial charge in [-0.15, -0.1) is 13.2 Å². The highest BCUT2D eigenvalue weighted by Crippen LogP contribution is 2.33. The number of rotatable bonds is 13. The number of esters is 1. The van der Waals surface area contributed by atoms with E-state index in [2.05, 4.69) is 26.3 Å². The fourth-order valence-corrected chi connectivity index (χ4v) is 2.45.